The Morgan fingerprint density at radius 1 is 1.48 bits per heavy atom. The van der Waals surface area contributed by atoms with Gasteiger partial charge in [-0.05, 0) is 12.1 Å². The zero-order valence-electron chi connectivity index (χ0n) is 11.5. The molecule has 3 rings (SSSR count). The van der Waals surface area contributed by atoms with Gasteiger partial charge < -0.3 is 20.1 Å². The molecule has 1 aliphatic heterocycles. The Bertz CT molecular complexity index is 642. The number of ether oxygens (including phenoxy) is 1. The van der Waals surface area contributed by atoms with Gasteiger partial charge in [0, 0.05) is 29.7 Å². The molecule has 1 atom stereocenters. The molecule has 110 valence electrons. The molecular formula is C15H17N3O3. The average molecular weight is 287 g/mol. The summed E-state index contributed by atoms with van der Waals surface area (Å²) in [7, 11) is 0. The van der Waals surface area contributed by atoms with Crippen molar-refractivity contribution in [2.75, 3.05) is 31.7 Å². The number of carbonyl (C=O) groups is 1. The predicted molar refractivity (Wildman–Crippen MR) is 79.2 cm³/mol. The molecule has 2 amide bonds. The molecule has 1 unspecified atom stereocenters. The first-order valence-corrected chi connectivity index (χ1v) is 6.88. The van der Waals surface area contributed by atoms with E-state index < -0.39 is 0 Å². The molecule has 6 nitrogen and oxygen atoms in total. The predicted octanol–water partition coefficient (Wildman–Crippen LogP) is 1.46. The molecule has 1 aromatic heterocycles. The topological polar surface area (TPSA) is 74.7 Å². The van der Waals surface area contributed by atoms with Gasteiger partial charge in [0.15, 0.2) is 0 Å². The normalized spacial score (nSPS) is 18.7. The quantitative estimate of drug-likeness (QED) is 0.877. The molecule has 6 heteroatoms. The summed E-state index contributed by atoms with van der Waals surface area (Å²) in [5, 5.41) is 14.2. The van der Waals surface area contributed by atoms with Crippen LogP contribution in [0.1, 0.15) is 0 Å². The number of nitrogens with one attached hydrogen (secondary N) is 1. The van der Waals surface area contributed by atoms with E-state index in [1.165, 1.54) is 0 Å². The van der Waals surface area contributed by atoms with Crippen molar-refractivity contribution < 1.29 is 14.6 Å². The van der Waals surface area contributed by atoms with Gasteiger partial charge in [-0.1, -0.05) is 12.1 Å². The molecule has 2 aromatic rings. The van der Waals surface area contributed by atoms with Crippen molar-refractivity contribution in [3.8, 4) is 0 Å². The number of amides is 2. The van der Waals surface area contributed by atoms with Crippen LogP contribution in [0, 0.1) is 0 Å². The second kappa shape index (κ2) is 6.07. The number of nitrogens with zero attached hydrogens (tertiary/aromatic N) is 2. The molecule has 0 aliphatic carbocycles. The maximum absolute atomic E-state index is 12.4. The van der Waals surface area contributed by atoms with Gasteiger partial charge in [0.2, 0.25) is 0 Å². The Kier molecular flexibility index (Phi) is 3.98. The molecule has 1 aromatic carbocycles. The van der Waals surface area contributed by atoms with Crippen LogP contribution < -0.4 is 5.32 Å². The summed E-state index contributed by atoms with van der Waals surface area (Å²) < 4.78 is 5.28. The smallest absolute Gasteiger partial charge is 0.322 e. The summed E-state index contributed by atoms with van der Waals surface area (Å²) in [6.45, 7) is 1.23. The highest BCUT2D eigenvalue weighted by atomic mass is 16.5. The lowest BCUT2D eigenvalue weighted by molar-refractivity contribution is -0.00484. The molecule has 0 spiro atoms. The van der Waals surface area contributed by atoms with E-state index >= 15 is 0 Å². The van der Waals surface area contributed by atoms with Crippen molar-refractivity contribution in [2.45, 2.75) is 6.04 Å². The first-order chi connectivity index (χ1) is 10.3. The molecule has 2 N–H and O–H groups in total. The summed E-state index contributed by atoms with van der Waals surface area (Å²) in [5.74, 6) is 0. The maximum Gasteiger partial charge on any atom is 0.322 e. The van der Waals surface area contributed by atoms with Crippen molar-refractivity contribution in [1.82, 2.24) is 9.88 Å². The zero-order valence-corrected chi connectivity index (χ0v) is 11.5. The average Bonchev–Trinajstić information content (AvgIpc) is 2.55. The van der Waals surface area contributed by atoms with Gasteiger partial charge in [-0.15, -0.1) is 0 Å². The number of benzene rings is 1. The Morgan fingerprint density at radius 3 is 3.24 bits per heavy atom. The summed E-state index contributed by atoms with van der Waals surface area (Å²) in [6.07, 6.45) is 3.46. The van der Waals surface area contributed by atoms with E-state index in [0.29, 0.717) is 19.8 Å². The summed E-state index contributed by atoms with van der Waals surface area (Å²) in [5.41, 5.74) is 0.739. The number of rotatable bonds is 2. The second-order valence-corrected chi connectivity index (χ2v) is 4.94. The lowest BCUT2D eigenvalue weighted by Crippen LogP contribution is -2.52. The summed E-state index contributed by atoms with van der Waals surface area (Å²) in [6, 6.07) is 7.03. The number of anilines is 1. The lowest BCUT2D eigenvalue weighted by atomic mass is 10.1. The van der Waals surface area contributed by atoms with Gasteiger partial charge in [0.05, 0.1) is 31.5 Å². The fourth-order valence-electron chi connectivity index (χ4n) is 2.49. The highest BCUT2D eigenvalue weighted by molar-refractivity contribution is 6.01. The first-order valence-electron chi connectivity index (χ1n) is 6.88. The van der Waals surface area contributed by atoms with Crippen LogP contribution in [-0.2, 0) is 4.74 Å². The Balaban J connectivity index is 1.83. The van der Waals surface area contributed by atoms with Crippen molar-refractivity contribution in [3.05, 3.63) is 36.7 Å². The number of morpholine rings is 1. The molecule has 0 bridgehead atoms. The van der Waals surface area contributed by atoms with Gasteiger partial charge in [-0.25, -0.2) is 4.79 Å². The Labute approximate surface area is 122 Å². The minimum atomic E-state index is -0.296. The van der Waals surface area contributed by atoms with E-state index in [2.05, 4.69) is 10.3 Å². The van der Waals surface area contributed by atoms with Crippen molar-refractivity contribution in [3.63, 3.8) is 0 Å². The molecular weight excluding hydrogens is 270 g/mol. The highest BCUT2D eigenvalue weighted by Crippen LogP contribution is 2.23. The maximum atomic E-state index is 12.4. The lowest BCUT2D eigenvalue weighted by Gasteiger charge is -2.34. The first kappa shape index (κ1) is 13.8. The van der Waals surface area contributed by atoms with E-state index in [1.807, 2.05) is 24.3 Å². The molecule has 1 fully saturated rings. The number of hydrogen-bond donors (Lipinski definition) is 2. The van der Waals surface area contributed by atoms with Crippen LogP contribution in [-0.4, -0.2) is 53.4 Å². The van der Waals surface area contributed by atoms with Crippen LogP contribution in [0.2, 0.25) is 0 Å². The zero-order chi connectivity index (χ0) is 14.7. The van der Waals surface area contributed by atoms with Gasteiger partial charge in [0.25, 0.3) is 0 Å². The van der Waals surface area contributed by atoms with Crippen LogP contribution >= 0.6 is 0 Å². The molecule has 0 saturated carbocycles. The van der Waals surface area contributed by atoms with E-state index in [-0.39, 0.29) is 18.7 Å². The molecule has 0 radical (unpaired) electrons. The van der Waals surface area contributed by atoms with E-state index in [9.17, 15) is 9.90 Å². The third-order valence-electron chi connectivity index (χ3n) is 3.62. The van der Waals surface area contributed by atoms with Crippen molar-refractivity contribution in [1.29, 1.82) is 0 Å². The van der Waals surface area contributed by atoms with Crippen LogP contribution in [0.5, 0.6) is 0 Å². The van der Waals surface area contributed by atoms with Gasteiger partial charge in [-0.2, -0.15) is 0 Å². The number of fused-ring (bicyclic) bond motifs is 1. The number of aliphatic hydroxyl groups excluding tert-OH is 1. The fourth-order valence-corrected chi connectivity index (χ4v) is 2.49. The van der Waals surface area contributed by atoms with Crippen LogP contribution in [0.3, 0.4) is 0 Å². The number of urea groups is 1. The fraction of sp³-hybridized carbons (Fsp3) is 0.333. The monoisotopic (exact) mass is 287 g/mol. The number of pyridine rings is 1. The van der Waals surface area contributed by atoms with E-state index in [0.717, 1.165) is 16.5 Å². The highest BCUT2D eigenvalue weighted by Gasteiger charge is 2.26. The summed E-state index contributed by atoms with van der Waals surface area (Å²) >= 11 is 0. The number of hydrogen-bond acceptors (Lipinski definition) is 4. The third kappa shape index (κ3) is 2.81. The summed E-state index contributed by atoms with van der Waals surface area (Å²) in [4.78, 5) is 18.1. The van der Waals surface area contributed by atoms with Crippen LogP contribution in [0.25, 0.3) is 10.8 Å². The second-order valence-electron chi connectivity index (χ2n) is 4.94. The largest absolute Gasteiger partial charge is 0.394 e. The molecule has 2 heterocycles. The molecule has 21 heavy (non-hydrogen) atoms. The van der Waals surface area contributed by atoms with E-state index in [4.69, 9.17) is 4.74 Å². The van der Waals surface area contributed by atoms with Gasteiger partial charge >= 0.3 is 6.03 Å². The SMILES string of the molecule is O=C(Nc1cccc2cnccc12)N1CCOCC1CO. The Morgan fingerprint density at radius 2 is 2.38 bits per heavy atom. The minimum absolute atomic E-state index is 0.104. The third-order valence-corrected chi connectivity index (χ3v) is 3.62. The number of aromatic nitrogens is 1. The van der Waals surface area contributed by atoms with Crippen molar-refractivity contribution in [2.24, 2.45) is 0 Å². The van der Waals surface area contributed by atoms with Crippen LogP contribution in [0.4, 0.5) is 10.5 Å². The van der Waals surface area contributed by atoms with Crippen LogP contribution in [0.15, 0.2) is 36.7 Å². The van der Waals surface area contributed by atoms with E-state index in [1.54, 1.807) is 17.3 Å². The van der Waals surface area contributed by atoms with Crippen molar-refractivity contribution >= 4 is 22.5 Å². The molecule has 1 saturated heterocycles. The minimum Gasteiger partial charge on any atom is -0.394 e. The number of carbonyl (C=O) groups excluding carboxylic acids is 1. The standard InChI is InChI=1S/C15H17N3O3/c19-9-12-10-21-7-6-18(12)15(20)17-14-3-1-2-11-8-16-5-4-13(11)14/h1-5,8,12,19H,6-7,9-10H2,(H,17,20). The Hall–Kier alpha value is -2.18. The molecule has 1 aliphatic rings. The van der Waals surface area contributed by atoms with Gasteiger partial charge in [-0.3, -0.25) is 4.98 Å². The van der Waals surface area contributed by atoms with Gasteiger partial charge in [0.1, 0.15) is 0 Å². The number of aliphatic hydroxyl groups is 1.